The first-order valence-corrected chi connectivity index (χ1v) is 12.9. The number of anilines is 2. The first-order chi connectivity index (χ1) is 14.7. The summed E-state index contributed by atoms with van der Waals surface area (Å²) in [5.74, 6) is 0.0183. The number of hydrogen-bond donors (Lipinski definition) is 0. The molecule has 166 valence electrons. The van der Waals surface area contributed by atoms with Crippen molar-refractivity contribution in [3.05, 3.63) is 52.0 Å². The minimum atomic E-state index is -3.70. The molecular weight excluding hydrogens is 478 g/mol. The number of nitrogens with zero attached hydrogens (tertiary/aromatic N) is 3. The summed E-state index contributed by atoms with van der Waals surface area (Å²) >= 11 is 3.48. The number of halogens is 1. The number of fused-ring (bicyclic) bond motifs is 1. The summed E-state index contributed by atoms with van der Waals surface area (Å²) in [6.07, 6.45) is 1.14. The summed E-state index contributed by atoms with van der Waals surface area (Å²) in [4.78, 5) is 16.5. The van der Waals surface area contributed by atoms with E-state index in [4.69, 9.17) is 0 Å². The third kappa shape index (κ3) is 4.13. The molecule has 1 fully saturated rings. The van der Waals surface area contributed by atoms with Crippen molar-refractivity contribution >= 4 is 43.2 Å². The molecule has 0 radical (unpaired) electrons. The molecule has 0 spiro atoms. The van der Waals surface area contributed by atoms with Crippen LogP contribution in [0.15, 0.2) is 45.8 Å². The molecule has 0 saturated carbocycles. The Morgan fingerprint density at radius 2 is 1.94 bits per heavy atom. The van der Waals surface area contributed by atoms with E-state index in [9.17, 15) is 13.2 Å². The van der Waals surface area contributed by atoms with Crippen molar-refractivity contribution in [2.45, 2.75) is 44.6 Å². The summed E-state index contributed by atoms with van der Waals surface area (Å²) in [6.45, 7) is 8.01. The van der Waals surface area contributed by atoms with Crippen LogP contribution in [-0.4, -0.2) is 50.9 Å². The van der Waals surface area contributed by atoms with E-state index in [0.717, 1.165) is 23.4 Å². The van der Waals surface area contributed by atoms with Crippen LogP contribution >= 0.6 is 15.9 Å². The second-order valence-electron chi connectivity index (χ2n) is 8.30. The van der Waals surface area contributed by atoms with Crippen LogP contribution in [0.4, 0.5) is 11.4 Å². The number of sulfonamides is 1. The van der Waals surface area contributed by atoms with Gasteiger partial charge in [-0.1, -0.05) is 19.1 Å². The van der Waals surface area contributed by atoms with Crippen LogP contribution in [0.3, 0.4) is 0 Å². The molecule has 2 heterocycles. The average Bonchev–Trinajstić information content (AvgIpc) is 3.15. The molecule has 4 rings (SSSR count). The number of piperazine rings is 1. The third-order valence-corrected chi connectivity index (χ3v) is 9.00. The van der Waals surface area contributed by atoms with E-state index in [0.29, 0.717) is 37.1 Å². The second kappa shape index (κ2) is 8.56. The Hall–Kier alpha value is -1.90. The van der Waals surface area contributed by atoms with Gasteiger partial charge < -0.3 is 9.80 Å². The van der Waals surface area contributed by atoms with Crippen molar-refractivity contribution in [1.29, 1.82) is 0 Å². The molecule has 0 aliphatic carbocycles. The van der Waals surface area contributed by atoms with E-state index in [2.05, 4.69) is 52.9 Å². The van der Waals surface area contributed by atoms with Crippen molar-refractivity contribution in [3.8, 4) is 0 Å². The first kappa shape index (κ1) is 22.3. The van der Waals surface area contributed by atoms with Gasteiger partial charge in [-0.3, -0.25) is 4.79 Å². The van der Waals surface area contributed by atoms with Gasteiger partial charge in [-0.25, -0.2) is 8.42 Å². The lowest BCUT2D eigenvalue weighted by atomic mass is 10.1. The number of amides is 1. The SMILES string of the molecule is CCC(=O)N1CCc2cc(Br)c(S(=O)(=O)N3CCN(c4cccc(C)c4)[C@H](C)C3)cc21. The molecule has 2 aliphatic rings. The van der Waals surface area contributed by atoms with Gasteiger partial charge in [0.05, 0.1) is 4.90 Å². The standard InChI is InChI=1S/C23H28BrN3O3S/c1-4-23(28)27-9-8-18-13-20(24)22(14-21(18)27)31(29,30)25-10-11-26(17(3)15-25)19-7-5-6-16(2)12-19/h5-7,12-14,17H,4,8-11,15H2,1-3H3/t17-/m1/s1. The highest BCUT2D eigenvalue weighted by Gasteiger charge is 2.35. The lowest BCUT2D eigenvalue weighted by Crippen LogP contribution is -2.53. The normalized spacial score (nSPS) is 19.5. The van der Waals surface area contributed by atoms with Crippen LogP contribution in [0.2, 0.25) is 0 Å². The Bertz CT molecular complexity index is 1120. The van der Waals surface area contributed by atoms with Crippen LogP contribution in [-0.2, 0) is 21.2 Å². The largest absolute Gasteiger partial charge is 0.366 e. The number of carbonyl (C=O) groups excluding carboxylic acids is 1. The molecule has 8 heteroatoms. The van der Waals surface area contributed by atoms with Gasteiger partial charge in [-0.2, -0.15) is 4.31 Å². The van der Waals surface area contributed by atoms with Crippen LogP contribution in [0, 0.1) is 6.92 Å². The maximum Gasteiger partial charge on any atom is 0.244 e. The second-order valence-corrected chi connectivity index (χ2v) is 11.1. The molecule has 0 N–H and O–H groups in total. The zero-order valence-corrected chi connectivity index (χ0v) is 20.5. The van der Waals surface area contributed by atoms with Gasteiger partial charge in [0.15, 0.2) is 0 Å². The van der Waals surface area contributed by atoms with E-state index in [1.807, 2.05) is 19.1 Å². The summed E-state index contributed by atoms with van der Waals surface area (Å²) in [5, 5.41) is 0. The van der Waals surface area contributed by atoms with Crippen LogP contribution < -0.4 is 9.80 Å². The van der Waals surface area contributed by atoms with Gasteiger partial charge in [0.2, 0.25) is 15.9 Å². The molecule has 2 aliphatic heterocycles. The van der Waals surface area contributed by atoms with Crippen molar-refractivity contribution < 1.29 is 13.2 Å². The molecule has 2 aromatic carbocycles. The number of hydrogen-bond acceptors (Lipinski definition) is 4. The van der Waals surface area contributed by atoms with Crippen molar-refractivity contribution in [1.82, 2.24) is 4.31 Å². The molecule has 1 atom stereocenters. The Morgan fingerprint density at radius 1 is 1.16 bits per heavy atom. The maximum absolute atomic E-state index is 13.6. The molecule has 0 bridgehead atoms. The lowest BCUT2D eigenvalue weighted by molar-refractivity contribution is -0.118. The van der Waals surface area contributed by atoms with E-state index in [-0.39, 0.29) is 16.8 Å². The fraction of sp³-hybridized carbons (Fsp3) is 0.435. The third-order valence-electron chi connectivity index (χ3n) is 6.17. The Morgan fingerprint density at radius 3 is 2.61 bits per heavy atom. The molecule has 1 saturated heterocycles. The molecule has 2 aromatic rings. The summed E-state index contributed by atoms with van der Waals surface area (Å²) in [5.41, 5.74) is 4.04. The zero-order valence-electron chi connectivity index (χ0n) is 18.1. The molecule has 1 amide bonds. The van der Waals surface area contributed by atoms with Crippen LogP contribution in [0.5, 0.6) is 0 Å². The van der Waals surface area contributed by atoms with Gasteiger partial charge in [-0.05, 0) is 71.6 Å². The highest BCUT2D eigenvalue weighted by molar-refractivity contribution is 9.10. The van der Waals surface area contributed by atoms with Crippen molar-refractivity contribution in [2.24, 2.45) is 0 Å². The van der Waals surface area contributed by atoms with Crippen LogP contribution in [0.1, 0.15) is 31.4 Å². The quantitative estimate of drug-likeness (QED) is 0.630. The Labute approximate surface area is 193 Å². The predicted molar refractivity (Wildman–Crippen MR) is 127 cm³/mol. The summed E-state index contributed by atoms with van der Waals surface area (Å²) in [6, 6.07) is 11.9. The minimum Gasteiger partial charge on any atom is -0.366 e. The van der Waals surface area contributed by atoms with Gasteiger partial charge in [-0.15, -0.1) is 0 Å². The Balaban J connectivity index is 1.61. The highest BCUT2D eigenvalue weighted by atomic mass is 79.9. The summed E-state index contributed by atoms with van der Waals surface area (Å²) in [7, 11) is -3.70. The van der Waals surface area contributed by atoms with E-state index in [1.54, 1.807) is 15.3 Å². The van der Waals surface area contributed by atoms with Gasteiger partial charge in [0, 0.05) is 54.5 Å². The van der Waals surface area contributed by atoms with Gasteiger partial charge in [0.25, 0.3) is 0 Å². The van der Waals surface area contributed by atoms with Crippen molar-refractivity contribution in [3.63, 3.8) is 0 Å². The monoisotopic (exact) mass is 505 g/mol. The average molecular weight is 506 g/mol. The molecule has 31 heavy (non-hydrogen) atoms. The topological polar surface area (TPSA) is 60.9 Å². The highest BCUT2D eigenvalue weighted by Crippen LogP contribution is 2.37. The smallest absolute Gasteiger partial charge is 0.244 e. The maximum atomic E-state index is 13.6. The predicted octanol–water partition coefficient (Wildman–Crippen LogP) is 3.96. The number of rotatable bonds is 4. The summed E-state index contributed by atoms with van der Waals surface area (Å²) < 4.78 is 29.3. The molecule has 6 nitrogen and oxygen atoms in total. The molecule has 0 aromatic heterocycles. The zero-order chi connectivity index (χ0) is 22.3. The van der Waals surface area contributed by atoms with E-state index < -0.39 is 10.0 Å². The fourth-order valence-corrected chi connectivity index (χ4v) is 7.09. The molecular formula is C23H28BrN3O3S. The van der Waals surface area contributed by atoms with Gasteiger partial charge >= 0.3 is 0 Å². The van der Waals surface area contributed by atoms with E-state index in [1.165, 1.54) is 5.56 Å². The first-order valence-electron chi connectivity index (χ1n) is 10.7. The Kier molecular flexibility index (Phi) is 6.16. The number of carbonyl (C=O) groups is 1. The van der Waals surface area contributed by atoms with Crippen molar-refractivity contribution in [2.75, 3.05) is 36.0 Å². The fourth-order valence-electron chi connectivity index (χ4n) is 4.51. The van der Waals surface area contributed by atoms with E-state index >= 15 is 0 Å². The number of aryl methyl sites for hydroxylation is 1. The van der Waals surface area contributed by atoms with Crippen LogP contribution in [0.25, 0.3) is 0 Å². The number of benzene rings is 2. The lowest BCUT2D eigenvalue weighted by Gasteiger charge is -2.40. The molecule has 0 unspecified atom stereocenters. The minimum absolute atomic E-state index is 0.0183. The van der Waals surface area contributed by atoms with Gasteiger partial charge in [0.1, 0.15) is 0 Å².